The van der Waals surface area contributed by atoms with Crippen LogP contribution in [-0.2, 0) is 6.42 Å². The molecule has 0 bridgehead atoms. The molecule has 0 aliphatic heterocycles. The van der Waals surface area contributed by atoms with Gasteiger partial charge in [-0.1, -0.05) is 48.5 Å². The summed E-state index contributed by atoms with van der Waals surface area (Å²) >= 11 is -0.133. The SMILES string of the molecule is C(#C[I+]c1ccccc1)Cc1ccccc1.F[B-](F)(F)F. The van der Waals surface area contributed by atoms with Crippen molar-refractivity contribution in [3.05, 3.63) is 69.8 Å². The summed E-state index contributed by atoms with van der Waals surface area (Å²) in [5.74, 6) is 3.25. The Bertz CT molecular complexity index is 522. The Balaban J connectivity index is 0.000000383. The van der Waals surface area contributed by atoms with Crippen molar-refractivity contribution in [3.8, 4) is 9.85 Å². The molecule has 0 N–H and O–H groups in total. The Labute approximate surface area is 131 Å². The molecule has 0 amide bonds. The second-order valence-electron chi connectivity index (χ2n) is 3.82. The first-order valence-corrected chi connectivity index (χ1v) is 8.19. The third kappa shape index (κ3) is 10.9. The number of halogens is 5. The fourth-order valence-electron chi connectivity index (χ4n) is 1.30. The van der Waals surface area contributed by atoms with Crippen molar-refractivity contribution in [2.24, 2.45) is 0 Å². The predicted molar refractivity (Wildman–Crippen MR) is 73.2 cm³/mol. The van der Waals surface area contributed by atoms with Crippen molar-refractivity contribution in [2.75, 3.05) is 0 Å². The lowest BCUT2D eigenvalue weighted by Gasteiger charge is -1.94. The van der Waals surface area contributed by atoms with Gasteiger partial charge in [-0.3, -0.25) is 0 Å². The highest BCUT2D eigenvalue weighted by molar-refractivity contribution is 6.50. The molecule has 0 saturated carbocycles. The molecular weight excluding hydrogens is 394 g/mol. The van der Waals surface area contributed by atoms with Crippen LogP contribution in [0.5, 0.6) is 0 Å². The average Bonchev–Trinajstić information content (AvgIpc) is 2.44. The van der Waals surface area contributed by atoms with Gasteiger partial charge in [-0.15, -0.1) is 0 Å². The minimum atomic E-state index is -6.00. The lowest BCUT2D eigenvalue weighted by molar-refractivity contribution is -0.535. The summed E-state index contributed by atoms with van der Waals surface area (Å²) in [7, 11) is -6.00. The minimum Gasteiger partial charge on any atom is -0.418 e. The van der Waals surface area contributed by atoms with Crippen molar-refractivity contribution in [2.45, 2.75) is 6.42 Å². The second kappa shape index (κ2) is 9.45. The van der Waals surface area contributed by atoms with E-state index in [0.717, 1.165) is 6.42 Å². The molecule has 0 spiro atoms. The molecule has 0 aliphatic rings. The lowest BCUT2D eigenvalue weighted by Crippen LogP contribution is -3.59. The maximum atomic E-state index is 9.75. The molecule has 0 nitrogen and oxygen atoms in total. The first-order valence-electron chi connectivity index (χ1n) is 6.03. The first kappa shape index (κ1) is 17.6. The van der Waals surface area contributed by atoms with E-state index in [9.17, 15) is 17.3 Å². The monoisotopic (exact) mass is 406 g/mol. The Morgan fingerprint density at radius 1 is 0.810 bits per heavy atom. The van der Waals surface area contributed by atoms with Crippen molar-refractivity contribution < 1.29 is 38.5 Å². The molecule has 0 aliphatic carbocycles. The van der Waals surface area contributed by atoms with E-state index >= 15 is 0 Å². The highest BCUT2D eigenvalue weighted by Gasteiger charge is 2.20. The smallest absolute Gasteiger partial charge is 0.418 e. The normalized spacial score (nSPS) is 9.90. The topological polar surface area (TPSA) is 0 Å². The van der Waals surface area contributed by atoms with Gasteiger partial charge in [0.25, 0.3) is 0 Å². The number of rotatable bonds is 2. The summed E-state index contributed by atoms with van der Waals surface area (Å²) in [6.07, 6.45) is 0.868. The van der Waals surface area contributed by atoms with E-state index in [1.54, 1.807) is 0 Å². The van der Waals surface area contributed by atoms with E-state index in [-0.39, 0.29) is 21.2 Å². The minimum absolute atomic E-state index is 0.133. The molecule has 21 heavy (non-hydrogen) atoms. The van der Waals surface area contributed by atoms with Crippen molar-refractivity contribution in [1.29, 1.82) is 0 Å². The summed E-state index contributed by atoms with van der Waals surface area (Å²) in [5.41, 5.74) is 1.30. The van der Waals surface area contributed by atoms with Crippen LogP contribution in [0.1, 0.15) is 5.56 Å². The van der Waals surface area contributed by atoms with Crippen molar-refractivity contribution in [1.82, 2.24) is 0 Å². The number of benzene rings is 2. The van der Waals surface area contributed by atoms with Crippen molar-refractivity contribution >= 4 is 7.25 Å². The van der Waals surface area contributed by atoms with Crippen LogP contribution in [0.4, 0.5) is 17.3 Å². The fraction of sp³-hybridized carbons (Fsp3) is 0.0667. The van der Waals surface area contributed by atoms with E-state index in [1.807, 2.05) is 12.1 Å². The summed E-state index contributed by atoms with van der Waals surface area (Å²) < 4.78 is 43.7. The molecule has 0 fully saturated rings. The van der Waals surface area contributed by atoms with Gasteiger partial charge in [0.05, 0.1) is 0 Å². The van der Waals surface area contributed by atoms with Gasteiger partial charge in [0.2, 0.25) is 3.57 Å². The maximum absolute atomic E-state index is 9.75. The van der Waals surface area contributed by atoms with Crippen LogP contribution in [0, 0.1) is 13.4 Å². The molecule has 2 aromatic rings. The second-order valence-corrected chi connectivity index (χ2v) is 6.14. The quantitative estimate of drug-likeness (QED) is 0.307. The van der Waals surface area contributed by atoms with E-state index < -0.39 is 7.25 Å². The molecule has 6 heteroatoms. The molecule has 0 radical (unpaired) electrons. The molecule has 2 aromatic carbocycles. The van der Waals surface area contributed by atoms with Gasteiger partial charge >= 0.3 is 28.5 Å². The van der Waals surface area contributed by atoms with Gasteiger partial charge in [0.1, 0.15) is 0 Å². The molecule has 0 aromatic heterocycles. The molecule has 110 valence electrons. The number of hydrogen-bond acceptors (Lipinski definition) is 0. The Morgan fingerprint density at radius 2 is 1.29 bits per heavy atom. The first-order chi connectivity index (χ1) is 9.95. The zero-order chi connectivity index (χ0) is 15.6. The Kier molecular flexibility index (Phi) is 7.91. The molecule has 0 saturated heterocycles. The van der Waals surface area contributed by atoms with Crippen LogP contribution in [0.3, 0.4) is 0 Å². The van der Waals surface area contributed by atoms with Crippen LogP contribution >= 0.6 is 0 Å². The fourth-order valence-corrected chi connectivity index (χ4v) is 2.76. The predicted octanol–water partition coefficient (Wildman–Crippen LogP) is 1.45. The van der Waals surface area contributed by atoms with Gasteiger partial charge in [0, 0.05) is 6.42 Å². The molecule has 0 unspecified atom stereocenters. The van der Waals surface area contributed by atoms with Crippen LogP contribution in [0.2, 0.25) is 0 Å². The van der Waals surface area contributed by atoms with Gasteiger partial charge in [-0.05, 0) is 23.6 Å². The van der Waals surface area contributed by atoms with Gasteiger partial charge in [0.15, 0.2) is 3.93 Å². The van der Waals surface area contributed by atoms with Gasteiger partial charge in [-0.25, -0.2) is 0 Å². The van der Waals surface area contributed by atoms with Crippen LogP contribution in [0.15, 0.2) is 60.7 Å². The van der Waals surface area contributed by atoms with E-state index in [4.69, 9.17) is 0 Å². The molecule has 0 heterocycles. The molecule has 0 atom stereocenters. The molecule has 2 rings (SSSR count). The van der Waals surface area contributed by atoms with Gasteiger partial charge in [-0.2, -0.15) is 0 Å². The number of hydrogen-bond donors (Lipinski definition) is 0. The van der Waals surface area contributed by atoms with Crippen LogP contribution < -0.4 is 21.2 Å². The highest BCUT2D eigenvalue weighted by Crippen LogP contribution is 2.06. The highest BCUT2D eigenvalue weighted by atomic mass is 127. The van der Waals surface area contributed by atoms with Crippen LogP contribution in [0.25, 0.3) is 0 Å². The standard InChI is InChI=1S/C15H12I.BF4/c1-3-8-14(9-4-1)10-7-13-16-15-11-5-2-6-12-15;2-1(3,4)5/h1-6,8-9,11-12H,10H2;/q+1;-1. The van der Waals surface area contributed by atoms with Gasteiger partial charge < -0.3 is 17.3 Å². The average molecular weight is 406 g/mol. The molecular formula is C15H12BF4I. The maximum Gasteiger partial charge on any atom is 0.673 e. The summed E-state index contributed by atoms with van der Waals surface area (Å²) in [6.45, 7) is 0. The van der Waals surface area contributed by atoms with E-state index in [2.05, 4.69) is 58.4 Å². The summed E-state index contributed by atoms with van der Waals surface area (Å²) in [5, 5.41) is 0. The zero-order valence-corrected chi connectivity index (χ0v) is 13.1. The lowest BCUT2D eigenvalue weighted by atomic mass is 10.2. The third-order valence-electron chi connectivity index (χ3n) is 2.09. The van der Waals surface area contributed by atoms with E-state index in [0.29, 0.717) is 0 Å². The summed E-state index contributed by atoms with van der Waals surface area (Å²) in [4.78, 5) is 0. The Morgan fingerprint density at radius 3 is 1.81 bits per heavy atom. The van der Waals surface area contributed by atoms with Crippen molar-refractivity contribution in [3.63, 3.8) is 0 Å². The van der Waals surface area contributed by atoms with E-state index in [1.165, 1.54) is 9.13 Å². The largest absolute Gasteiger partial charge is 0.673 e. The third-order valence-corrected chi connectivity index (χ3v) is 4.08. The summed E-state index contributed by atoms with van der Waals surface area (Å²) in [6, 6.07) is 20.9. The zero-order valence-electron chi connectivity index (χ0n) is 10.9. The van der Waals surface area contributed by atoms with Crippen LogP contribution in [-0.4, -0.2) is 7.25 Å². The Hall–Kier alpha value is -1.49.